The van der Waals surface area contributed by atoms with Crippen molar-refractivity contribution in [3.05, 3.63) is 34.6 Å². The van der Waals surface area contributed by atoms with Gasteiger partial charge in [-0.25, -0.2) is 9.18 Å². The molecule has 3 amide bonds. The molecule has 2 N–H and O–H groups in total. The number of hydrogen-bond donors (Lipinski definition) is 2. The third kappa shape index (κ3) is 3.05. The molecule has 1 aromatic rings. The minimum absolute atomic E-state index is 0.0706. The minimum Gasteiger partial charge on any atom is -0.323 e. The van der Waals surface area contributed by atoms with Crippen LogP contribution in [0.3, 0.4) is 0 Å². The predicted molar refractivity (Wildman–Crippen MR) is 84.5 cm³/mol. The van der Waals surface area contributed by atoms with E-state index in [1.807, 2.05) is 0 Å². The van der Waals surface area contributed by atoms with E-state index < -0.39 is 11.6 Å². The lowest BCUT2D eigenvalue weighted by atomic mass is 9.79. The number of likely N-dealkylation sites (tertiary alicyclic amines) is 1. The quantitative estimate of drug-likeness (QED) is 0.831. The third-order valence-corrected chi connectivity index (χ3v) is 5.27. The van der Waals surface area contributed by atoms with Gasteiger partial charge in [0, 0.05) is 17.1 Å². The standard InChI is InChI=1S/C16H19ClFN3O2/c1-16(14(22)19-15(23)20-16)10-5-7-21(8-6-10)9-11-12(17)3-2-4-13(11)18/h2-4,10H,5-9H2,1H3,(H2,19,20,22,23). The molecule has 0 bridgehead atoms. The van der Waals surface area contributed by atoms with Crippen molar-refractivity contribution >= 4 is 23.5 Å². The number of nitrogens with one attached hydrogen (secondary N) is 2. The van der Waals surface area contributed by atoms with Crippen LogP contribution in [0, 0.1) is 11.7 Å². The van der Waals surface area contributed by atoms with Crippen molar-refractivity contribution in [2.24, 2.45) is 5.92 Å². The third-order valence-electron chi connectivity index (χ3n) is 4.92. The largest absolute Gasteiger partial charge is 0.323 e. The first kappa shape index (κ1) is 16.2. The van der Waals surface area contributed by atoms with Gasteiger partial charge in [-0.2, -0.15) is 0 Å². The summed E-state index contributed by atoms with van der Waals surface area (Å²) in [4.78, 5) is 25.5. The van der Waals surface area contributed by atoms with Crippen molar-refractivity contribution in [3.63, 3.8) is 0 Å². The van der Waals surface area contributed by atoms with E-state index in [1.54, 1.807) is 19.1 Å². The lowest BCUT2D eigenvalue weighted by Crippen LogP contribution is -2.53. The Bertz CT molecular complexity index is 626. The molecule has 0 radical (unpaired) electrons. The molecule has 0 spiro atoms. The van der Waals surface area contributed by atoms with Crippen LogP contribution in [0.5, 0.6) is 0 Å². The molecular weight excluding hydrogens is 321 g/mol. The van der Waals surface area contributed by atoms with E-state index in [2.05, 4.69) is 15.5 Å². The van der Waals surface area contributed by atoms with Crippen LogP contribution in [0.1, 0.15) is 25.3 Å². The highest BCUT2D eigenvalue weighted by Crippen LogP contribution is 2.32. The van der Waals surface area contributed by atoms with Gasteiger partial charge in [0.05, 0.1) is 0 Å². The van der Waals surface area contributed by atoms with Gasteiger partial charge in [0.15, 0.2) is 0 Å². The normalized spacial score (nSPS) is 26.2. The van der Waals surface area contributed by atoms with Gasteiger partial charge < -0.3 is 5.32 Å². The van der Waals surface area contributed by atoms with Crippen LogP contribution >= 0.6 is 11.6 Å². The SMILES string of the molecule is CC1(C2CCN(Cc3c(F)cccc3Cl)CC2)NC(=O)NC1=O. The Kier molecular flexibility index (Phi) is 4.29. The number of rotatable bonds is 3. The summed E-state index contributed by atoms with van der Waals surface area (Å²) in [6.45, 7) is 3.68. The molecule has 2 aliphatic heterocycles. The van der Waals surface area contributed by atoms with E-state index >= 15 is 0 Å². The molecule has 1 atom stereocenters. The number of hydrogen-bond acceptors (Lipinski definition) is 3. The van der Waals surface area contributed by atoms with E-state index in [9.17, 15) is 14.0 Å². The zero-order chi connectivity index (χ0) is 16.6. The fraction of sp³-hybridized carbons (Fsp3) is 0.500. The average Bonchev–Trinajstić information content (AvgIpc) is 2.77. The van der Waals surface area contributed by atoms with Crippen molar-refractivity contribution in [1.82, 2.24) is 15.5 Å². The number of carbonyl (C=O) groups is 2. The molecule has 0 aromatic heterocycles. The first-order valence-corrected chi connectivity index (χ1v) is 8.07. The van der Waals surface area contributed by atoms with Crippen LogP contribution in [-0.4, -0.2) is 35.5 Å². The molecule has 2 heterocycles. The van der Waals surface area contributed by atoms with E-state index in [0.717, 1.165) is 25.9 Å². The molecule has 7 heteroatoms. The Morgan fingerprint density at radius 1 is 1.35 bits per heavy atom. The van der Waals surface area contributed by atoms with Gasteiger partial charge in [0.1, 0.15) is 11.4 Å². The monoisotopic (exact) mass is 339 g/mol. The van der Waals surface area contributed by atoms with Crippen LogP contribution in [0.25, 0.3) is 0 Å². The van der Waals surface area contributed by atoms with Crippen LogP contribution in [0.4, 0.5) is 9.18 Å². The maximum absolute atomic E-state index is 13.9. The first-order valence-electron chi connectivity index (χ1n) is 7.69. The highest BCUT2D eigenvalue weighted by Gasteiger charge is 2.48. The zero-order valence-corrected chi connectivity index (χ0v) is 13.6. The van der Waals surface area contributed by atoms with Crippen LogP contribution < -0.4 is 10.6 Å². The summed E-state index contributed by atoms with van der Waals surface area (Å²) in [5.41, 5.74) is -0.343. The highest BCUT2D eigenvalue weighted by atomic mass is 35.5. The summed E-state index contributed by atoms with van der Waals surface area (Å²) in [6.07, 6.45) is 1.52. The van der Waals surface area contributed by atoms with Gasteiger partial charge in [-0.15, -0.1) is 0 Å². The Morgan fingerprint density at radius 2 is 2.04 bits per heavy atom. The maximum Gasteiger partial charge on any atom is 0.322 e. The van der Waals surface area contributed by atoms with Gasteiger partial charge in [-0.05, 0) is 50.9 Å². The second kappa shape index (κ2) is 6.09. The van der Waals surface area contributed by atoms with Gasteiger partial charge in [0.25, 0.3) is 5.91 Å². The average molecular weight is 340 g/mol. The summed E-state index contributed by atoms with van der Waals surface area (Å²) in [5.74, 6) is -0.492. The number of urea groups is 1. The fourth-order valence-corrected chi connectivity index (χ4v) is 3.64. The molecule has 2 saturated heterocycles. The summed E-state index contributed by atoms with van der Waals surface area (Å²) in [7, 11) is 0. The van der Waals surface area contributed by atoms with Crippen molar-refractivity contribution in [1.29, 1.82) is 0 Å². The zero-order valence-electron chi connectivity index (χ0n) is 12.9. The molecule has 1 aromatic carbocycles. The molecule has 23 heavy (non-hydrogen) atoms. The summed E-state index contributed by atoms with van der Waals surface area (Å²) in [6, 6.07) is 4.26. The second-order valence-electron chi connectivity index (χ2n) is 6.36. The summed E-state index contributed by atoms with van der Waals surface area (Å²) < 4.78 is 13.9. The molecule has 124 valence electrons. The van der Waals surface area contributed by atoms with Gasteiger partial charge in [-0.1, -0.05) is 17.7 Å². The van der Waals surface area contributed by atoms with Crippen LogP contribution in [-0.2, 0) is 11.3 Å². The van der Waals surface area contributed by atoms with E-state index in [1.165, 1.54) is 6.07 Å². The number of nitrogens with zero attached hydrogens (tertiary/aromatic N) is 1. The first-order chi connectivity index (χ1) is 10.9. The summed E-state index contributed by atoms with van der Waals surface area (Å²) in [5, 5.41) is 5.47. The Labute approximate surface area is 139 Å². The Hall–Kier alpha value is -1.66. The maximum atomic E-state index is 13.9. The Balaban J connectivity index is 1.63. The lowest BCUT2D eigenvalue weighted by Gasteiger charge is -2.38. The number of piperidine rings is 1. The highest BCUT2D eigenvalue weighted by molar-refractivity contribution is 6.31. The van der Waals surface area contributed by atoms with Gasteiger partial charge >= 0.3 is 6.03 Å². The van der Waals surface area contributed by atoms with Crippen molar-refractivity contribution < 1.29 is 14.0 Å². The van der Waals surface area contributed by atoms with E-state index in [0.29, 0.717) is 17.1 Å². The molecule has 0 aliphatic carbocycles. The number of benzene rings is 1. The number of halogens is 2. The number of imide groups is 1. The molecule has 5 nitrogen and oxygen atoms in total. The smallest absolute Gasteiger partial charge is 0.322 e. The molecular formula is C16H19ClFN3O2. The van der Waals surface area contributed by atoms with Crippen LogP contribution in [0.2, 0.25) is 5.02 Å². The molecule has 3 rings (SSSR count). The number of carbonyl (C=O) groups excluding carboxylic acids is 2. The van der Waals surface area contributed by atoms with Gasteiger partial charge in [-0.3, -0.25) is 15.0 Å². The second-order valence-corrected chi connectivity index (χ2v) is 6.77. The molecule has 1 unspecified atom stereocenters. The van der Waals surface area contributed by atoms with Gasteiger partial charge in [0.2, 0.25) is 0 Å². The fourth-order valence-electron chi connectivity index (χ4n) is 3.42. The predicted octanol–water partition coefficient (Wildman–Crippen LogP) is 2.29. The Morgan fingerprint density at radius 3 is 2.61 bits per heavy atom. The van der Waals surface area contributed by atoms with E-state index in [4.69, 9.17) is 11.6 Å². The minimum atomic E-state index is -0.848. The lowest BCUT2D eigenvalue weighted by molar-refractivity contribution is -0.125. The van der Waals surface area contributed by atoms with E-state index in [-0.39, 0.29) is 17.6 Å². The number of amides is 3. The molecule has 2 fully saturated rings. The van der Waals surface area contributed by atoms with Crippen molar-refractivity contribution in [2.45, 2.75) is 31.8 Å². The van der Waals surface area contributed by atoms with Crippen molar-refractivity contribution in [3.8, 4) is 0 Å². The summed E-state index contributed by atoms with van der Waals surface area (Å²) >= 11 is 6.07. The van der Waals surface area contributed by atoms with Crippen LogP contribution in [0.15, 0.2) is 18.2 Å². The molecule has 0 saturated carbocycles. The van der Waals surface area contributed by atoms with Crippen molar-refractivity contribution in [2.75, 3.05) is 13.1 Å². The molecule has 2 aliphatic rings. The topological polar surface area (TPSA) is 61.4 Å².